The average Bonchev–Trinajstić information content (AvgIpc) is 2.92. The third-order valence-corrected chi connectivity index (χ3v) is 5.90. The van der Waals surface area contributed by atoms with Crippen molar-refractivity contribution in [3.05, 3.63) is 64.8 Å². The van der Waals surface area contributed by atoms with Crippen molar-refractivity contribution in [2.24, 2.45) is 0 Å². The number of sulfone groups is 1. The fourth-order valence-electron chi connectivity index (χ4n) is 2.56. The van der Waals surface area contributed by atoms with Crippen LogP contribution in [0.1, 0.15) is 22.4 Å². The van der Waals surface area contributed by atoms with Gasteiger partial charge in [-0.15, -0.1) is 5.10 Å². The smallest absolute Gasteiger partial charge is 0.217 e. The van der Waals surface area contributed by atoms with E-state index >= 15 is 0 Å². The van der Waals surface area contributed by atoms with E-state index in [0.29, 0.717) is 5.69 Å². The highest BCUT2D eigenvalue weighted by Gasteiger charge is 2.26. The van der Waals surface area contributed by atoms with Gasteiger partial charge >= 0.3 is 0 Å². The molecule has 3 rings (SSSR count). The second-order valence-electron chi connectivity index (χ2n) is 5.98. The summed E-state index contributed by atoms with van der Waals surface area (Å²) in [6.07, 6.45) is 0. The first-order chi connectivity index (χ1) is 11.3. The van der Waals surface area contributed by atoms with Gasteiger partial charge in [-0.1, -0.05) is 23.4 Å². The van der Waals surface area contributed by atoms with Gasteiger partial charge < -0.3 is 0 Å². The van der Waals surface area contributed by atoms with Crippen molar-refractivity contribution in [1.29, 1.82) is 0 Å². The normalized spacial score (nSPS) is 11.7. The molecule has 0 atom stereocenters. The van der Waals surface area contributed by atoms with Gasteiger partial charge in [0.15, 0.2) is 0 Å². The van der Waals surface area contributed by atoms with E-state index in [1.165, 1.54) is 0 Å². The summed E-state index contributed by atoms with van der Waals surface area (Å²) in [5, 5.41) is 7.99. The maximum absolute atomic E-state index is 12.9. The quantitative estimate of drug-likeness (QED) is 0.733. The Kier molecular flexibility index (Phi) is 4.01. The molecule has 0 aliphatic carbocycles. The maximum Gasteiger partial charge on any atom is 0.227 e. The first-order valence-electron chi connectivity index (χ1n) is 7.62. The predicted octanol–water partition coefficient (Wildman–Crippen LogP) is 3.33. The van der Waals surface area contributed by atoms with Crippen LogP contribution in [0, 0.1) is 27.7 Å². The maximum atomic E-state index is 12.9. The molecule has 24 heavy (non-hydrogen) atoms. The lowest BCUT2D eigenvalue weighted by molar-refractivity contribution is 0.591. The lowest BCUT2D eigenvalue weighted by atomic mass is 10.1. The van der Waals surface area contributed by atoms with E-state index in [1.54, 1.807) is 23.7 Å². The first kappa shape index (κ1) is 16.4. The topological polar surface area (TPSA) is 64.8 Å². The van der Waals surface area contributed by atoms with Crippen molar-refractivity contribution in [3.63, 3.8) is 0 Å². The van der Waals surface area contributed by atoms with Gasteiger partial charge in [0.1, 0.15) is 0 Å². The molecule has 0 aliphatic heterocycles. The van der Waals surface area contributed by atoms with Crippen LogP contribution >= 0.6 is 0 Å². The fraction of sp³-hybridized carbons (Fsp3) is 0.222. The summed E-state index contributed by atoms with van der Waals surface area (Å²) < 4.78 is 27.4. The molecule has 2 aromatic carbocycles. The van der Waals surface area contributed by atoms with Crippen LogP contribution in [-0.2, 0) is 9.84 Å². The second kappa shape index (κ2) is 5.87. The molecule has 0 saturated carbocycles. The lowest BCUT2D eigenvalue weighted by Crippen LogP contribution is -2.06. The Morgan fingerprint density at radius 3 is 2.33 bits per heavy atom. The molecule has 0 amide bonds. The fourth-order valence-corrected chi connectivity index (χ4v) is 3.98. The highest BCUT2D eigenvalue weighted by Crippen LogP contribution is 2.25. The van der Waals surface area contributed by atoms with E-state index < -0.39 is 9.84 Å². The molecule has 1 heterocycles. The number of hydrogen-bond donors (Lipinski definition) is 0. The van der Waals surface area contributed by atoms with E-state index in [-0.39, 0.29) is 9.92 Å². The zero-order valence-corrected chi connectivity index (χ0v) is 14.9. The zero-order chi connectivity index (χ0) is 17.5. The zero-order valence-electron chi connectivity index (χ0n) is 14.1. The minimum atomic E-state index is -3.70. The molecule has 0 saturated heterocycles. The lowest BCUT2D eigenvalue weighted by Gasteiger charge is -2.07. The summed E-state index contributed by atoms with van der Waals surface area (Å²) in [7, 11) is -3.70. The summed E-state index contributed by atoms with van der Waals surface area (Å²) in [6.45, 7) is 7.54. The Labute approximate surface area is 141 Å². The second-order valence-corrected chi connectivity index (χ2v) is 7.85. The molecule has 124 valence electrons. The first-order valence-corrected chi connectivity index (χ1v) is 9.10. The van der Waals surface area contributed by atoms with Crippen LogP contribution in [0.3, 0.4) is 0 Å². The molecule has 0 aliphatic rings. The largest absolute Gasteiger partial charge is 0.227 e. The predicted molar refractivity (Wildman–Crippen MR) is 92.2 cm³/mol. The standard InChI is InChI=1S/C18H19N3O2S/c1-12-6-5-7-16(10-12)21-15(4)18(19-20-21)24(22,23)17-9-8-13(2)14(3)11-17/h5-11H,1-4H3. The van der Waals surface area contributed by atoms with Crippen molar-refractivity contribution in [2.75, 3.05) is 0 Å². The number of aromatic nitrogens is 3. The third-order valence-electron chi connectivity index (χ3n) is 4.14. The van der Waals surface area contributed by atoms with Gasteiger partial charge in [0, 0.05) is 0 Å². The van der Waals surface area contributed by atoms with Gasteiger partial charge in [-0.3, -0.25) is 0 Å². The molecule has 3 aromatic rings. The number of rotatable bonds is 3. The summed E-state index contributed by atoms with van der Waals surface area (Å²) in [4.78, 5) is 0.241. The average molecular weight is 341 g/mol. The Morgan fingerprint density at radius 1 is 0.917 bits per heavy atom. The Hall–Kier alpha value is -2.47. The summed E-state index contributed by atoms with van der Waals surface area (Å²) in [6, 6.07) is 12.8. The molecule has 6 heteroatoms. The molecule has 0 bridgehead atoms. The van der Waals surface area contributed by atoms with Gasteiger partial charge in [0.25, 0.3) is 0 Å². The molecule has 1 aromatic heterocycles. The van der Waals surface area contributed by atoms with Crippen molar-refractivity contribution < 1.29 is 8.42 Å². The van der Waals surface area contributed by atoms with E-state index in [2.05, 4.69) is 10.3 Å². The van der Waals surface area contributed by atoms with Crippen LogP contribution in [0.2, 0.25) is 0 Å². The summed E-state index contributed by atoms with van der Waals surface area (Å²) in [5.41, 5.74) is 4.34. The molecule has 0 fully saturated rings. The van der Waals surface area contributed by atoms with Crippen molar-refractivity contribution in [1.82, 2.24) is 15.0 Å². The van der Waals surface area contributed by atoms with E-state index in [4.69, 9.17) is 0 Å². The summed E-state index contributed by atoms with van der Waals surface area (Å²) >= 11 is 0. The minimum absolute atomic E-state index is 0.00717. The Morgan fingerprint density at radius 2 is 1.67 bits per heavy atom. The monoisotopic (exact) mass is 341 g/mol. The van der Waals surface area contributed by atoms with Crippen molar-refractivity contribution >= 4 is 9.84 Å². The van der Waals surface area contributed by atoms with Gasteiger partial charge in [0.05, 0.1) is 16.3 Å². The SMILES string of the molecule is Cc1cccc(-n2nnc(S(=O)(=O)c3ccc(C)c(C)c3)c2C)c1. The van der Waals surface area contributed by atoms with E-state index in [1.807, 2.05) is 51.1 Å². The van der Waals surface area contributed by atoms with Crippen molar-refractivity contribution in [3.8, 4) is 5.69 Å². The van der Waals surface area contributed by atoms with Gasteiger partial charge in [-0.25, -0.2) is 13.1 Å². The Balaban J connectivity index is 2.11. The third kappa shape index (κ3) is 2.73. The molecule has 0 radical (unpaired) electrons. The highest BCUT2D eigenvalue weighted by atomic mass is 32.2. The molecular weight excluding hydrogens is 322 g/mol. The molecule has 5 nitrogen and oxygen atoms in total. The number of aryl methyl sites for hydroxylation is 3. The molecule has 0 spiro atoms. The minimum Gasteiger partial charge on any atom is -0.217 e. The summed E-state index contributed by atoms with van der Waals surface area (Å²) in [5.74, 6) is 0. The van der Waals surface area contributed by atoms with Crippen LogP contribution in [0.4, 0.5) is 0 Å². The Bertz CT molecular complexity index is 1020. The number of hydrogen-bond acceptors (Lipinski definition) is 4. The molecule has 0 unspecified atom stereocenters. The van der Waals surface area contributed by atoms with E-state index in [9.17, 15) is 8.42 Å². The molecular formula is C18H19N3O2S. The van der Waals surface area contributed by atoms with Crippen LogP contribution in [0.15, 0.2) is 52.4 Å². The van der Waals surface area contributed by atoms with Crippen molar-refractivity contribution in [2.45, 2.75) is 37.6 Å². The van der Waals surface area contributed by atoms with Gasteiger partial charge in [-0.2, -0.15) is 0 Å². The van der Waals surface area contributed by atoms with Crippen LogP contribution in [-0.4, -0.2) is 23.4 Å². The number of nitrogens with zero attached hydrogens (tertiary/aromatic N) is 3. The highest BCUT2D eigenvalue weighted by molar-refractivity contribution is 7.91. The number of benzene rings is 2. The van der Waals surface area contributed by atoms with Gasteiger partial charge in [0.2, 0.25) is 14.9 Å². The molecule has 0 N–H and O–H groups in total. The van der Waals surface area contributed by atoms with Crippen LogP contribution in [0.5, 0.6) is 0 Å². The van der Waals surface area contributed by atoms with Gasteiger partial charge in [-0.05, 0) is 68.7 Å². The van der Waals surface area contributed by atoms with Crippen LogP contribution in [0.25, 0.3) is 5.69 Å². The van der Waals surface area contributed by atoms with E-state index in [0.717, 1.165) is 22.4 Å². The van der Waals surface area contributed by atoms with Crippen LogP contribution < -0.4 is 0 Å².